The van der Waals surface area contributed by atoms with Crippen LogP contribution in [-0.2, 0) is 19.1 Å². The average molecular weight is 324 g/mol. The van der Waals surface area contributed by atoms with Crippen LogP contribution in [0.3, 0.4) is 0 Å². The van der Waals surface area contributed by atoms with E-state index in [9.17, 15) is 9.59 Å². The molecule has 1 aliphatic rings. The largest absolute Gasteiger partial charge is 0.465 e. The number of carbonyl (C=O) groups is 2. The minimum absolute atomic E-state index is 0.161. The minimum Gasteiger partial charge on any atom is -0.465 e. The highest BCUT2D eigenvalue weighted by Gasteiger charge is 2.36. The van der Waals surface area contributed by atoms with Crippen molar-refractivity contribution >= 4 is 11.9 Å². The fourth-order valence-electron chi connectivity index (χ4n) is 2.77. The number of ether oxygens (including phenoxy) is 2. The first-order valence-electron chi connectivity index (χ1n) is 8.94. The monoisotopic (exact) mass is 324 g/mol. The lowest BCUT2D eigenvalue weighted by molar-refractivity contribution is -0.163. The molecule has 2 unspecified atom stereocenters. The first kappa shape index (κ1) is 19.7. The van der Waals surface area contributed by atoms with Crippen molar-refractivity contribution in [2.24, 2.45) is 17.8 Å². The van der Waals surface area contributed by atoms with E-state index in [1.807, 2.05) is 26.0 Å². The summed E-state index contributed by atoms with van der Waals surface area (Å²) < 4.78 is 10.7. The highest BCUT2D eigenvalue weighted by molar-refractivity contribution is 5.82. The van der Waals surface area contributed by atoms with Crippen LogP contribution in [0.15, 0.2) is 12.2 Å². The smallest absolute Gasteiger partial charge is 0.310 e. The summed E-state index contributed by atoms with van der Waals surface area (Å²) in [6, 6.07) is 0. The fraction of sp³-hybridized carbons (Fsp3) is 0.789. The number of rotatable bonds is 9. The highest BCUT2D eigenvalue weighted by Crippen LogP contribution is 2.28. The van der Waals surface area contributed by atoms with Gasteiger partial charge < -0.3 is 9.47 Å². The second-order valence-electron chi connectivity index (χ2n) is 7.05. The zero-order valence-corrected chi connectivity index (χ0v) is 15.0. The van der Waals surface area contributed by atoms with Gasteiger partial charge in [-0.2, -0.15) is 0 Å². The Morgan fingerprint density at radius 3 is 2.13 bits per heavy atom. The van der Waals surface area contributed by atoms with Crippen molar-refractivity contribution in [3.63, 3.8) is 0 Å². The molecule has 0 saturated heterocycles. The normalized spacial score (nSPS) is 20.8. The summed E-state index contributed by atoms with van der Waals surface area (Å²) >= 11 is 0. The lowest BCUT2D eigenvalue weighted by Gasteiger charge is -2.26. The average Bonchev–Trinajstić information content (AvgIpc) is 2.49. The maximum absolute atomic E-state index is 12.3. The molecule has 0 N–H and O–H groups in total. The highest BCUT2D eigenvalue weighted by atomic mass is 16.5. The van der Waals surface area contributed by atoms with Crippen molar-refractivity contribution in [1.82, 2.24) is 0 Å². The zero-order valence-electron chi connectivity index (χ0n) is 15.0. The van der Waals surface area contributed by atoms with Crippen LogP contribution in [0.1, 0.15) is 66.2 Å². The fourth-order valence-corrected chi connectivity index (χ4v) is 2.77. The Morgan fingerprint density at radius 2 is 1.57 bits per heavy atom. The van der Waals surface area contributed by atoms with E-state index in [0.717, 1.165) is 18.8 Å². The summed E-state index contributed by atoms with van der Waals surface area (Å²) in [5.74, 6) is -0.635. The summed E-state index contributed by atoms with van der Waals surface area (Å²) in [6.45, 7) is 8.52. The molecule has 0 aromatic carbocycles. The third-order valence-corrected chi connectivity index (χ3v) is 4.06. The number of hydrogen-bond acceptors (Lipinski definition) is 4. The van der Waals surface area contributed by atoms with Gasteiger partial charge in [0.25, 0.3) is 0 Å². The van der Waals surface area contributed by atoms with Crippen LogP contribution in [0.25, 0.3) is 0 Å². The van der Waals surface area contributed by atoms with E-state index < -0.39 is 11.8 Å². The van der Waals surface area contributed by atoms with Crippen LogP contribution in [0.4, 0.5) is 0 Å². The first-order valence-corrected chi connectivity index (χ1v) is 8.94. The van der Waals surface area contributed by atoms with Crippen molar-refractivity contribution in [2.45, 2.75) is 72.3 Å². The predicted octanol–water partition coefficient (Wildman–Crippen LogP) is 4.28. The van der Waals surface area contributed by atoms with Gasteiger partial charge in [-0.3, -0.25) is 9.59 Å². The Morgan fingerprint density at radius 1 is 0.957 bits per heavy atom. The molecule has 0 aromatic heterocycles. The topological polar surface area (TPSA) is 52.6 Å². The molecule has 1 rings (SSSR count). The third kappa shape index (κ3) is 7.67. The molecule has 4 heteroatoms. The van der Waals surface area contributed by atoms with Gasteiger partial charge in [0.1, 0.15) is 0 Å². The molecule has 0 amide bonds. The molecule has 0 aliphatic heterocycles. The van der Waals surface area contributed by atoms with E-state index in [-0.39, 0.29) is 18.0 Å². The second kappa shape index (κ2) is 10.5. The zero-order chi connectivity index (χ0) is 17.2. The van der Waals surface area contributed by atoms with Gasteiger partial charge in [0.05, 0.1) is 24.5 Å². The van der Waals surface area contributed by atoms with E-state index >= 15 is 0 Å². The molecule has 2 atom stereocenters. The number of esters is 2. The Balaban J connectivity index is 2.37. The molecule has 4 nitrogen and oxygen atoms in total. The SMILES string of the molecule is CC(C)CCCCCOC(=O)C1CC=CCC1C(=O)OC(C)C. The molecule has 0 aromatic rings. The maximum Gasteiger partial charge on any atom is 0.310 e. The summed E-state index contributed by atoms with van der Waals surface area (Å²) in [7, 11) is 0. The van der Waals surface area contributed by atoms with E-state index in [4.69, 9.17) is 9.47 Å². The molecule has 23 heavy (non-hydrogen) atoms. The molecular weight excluding hydrogens is 292 g/mol. The Bertz CT molecular complexity index is 398. The summed E-state index contributed by atoms with van der Waals surface area (Å²) in [4.78, 5) is 24.4. The lowest BCUT2D eigenvalue weighted by Crippen LogP contribution is -2.34. The van der Waals surface area contributed by atoms with Gasteiger partial charge in [-0.05, 0) is 39.0 Å². The third-order valence-electron chi connectivity index (χ3n) is 4.06. The number of carbonyl (C=O) groups excluding carboxylic acids is 2. The van der Waals surface area contributed by atoms with Crippen LogP contribution in [0.5, 0.6) is 0 Å². The van der Waals surface area contributed by atoms with Crippen molar-refractivity contribution < 1.29 is 19.1 Å². The van der Waals surface area contributed by atoms with Crippen LogP contribution in [0, 0.1) is 17.8 Å². The van der Waals surface area contributed by atoms with Crippen LogP contribution in [0.2, 0.25) is 0 Å². The van der Waals surface area contributed by atoms with Crippen LogP contribution in [-0.4, -0.2) is 24.6 Å². The van der Waals surface area contributed by atoms with Crippen molar-refractivity contribution in [1.29, 1.82) is 0 Å². The summed E-state index contributed by atoms with van der Waals surface area (Å²) in [5, 5.41) is 0. The van der Waals surface area contributed by atoms with Gasteiger partial charge in [0, 0.05) is 0 Å². The molecule has 0 bridgehead atoms. The maximum atomic E-state index is 12.3. The Hall–Kier alpha value is -1.32. The van der Waals surface area contributed by atoms with Crippen LogP contribution < -0.4 is 0 Å². The quantitative estimate of drug-likeness (QED) is 0.361. The van der Waals surface area contributed by atoms with Crippen molar-refractivity contribution in [3.8, 4) is 0 Å². The van der Waals surface area contributed by atoms with Crippen molar-refractivity contribution in [3.05, 3.63) is 12.2 Å². The molecule has 0 heterocycles. The molecule has 0 fully saturated rings. The molecular formula is C19H32O4. The van der Waals surface area contributed by atoms with Gasteiger partial charge in [0.15, 0.2) is 0 Å². The predicted molar refractivity (Wildman–Crippen MR) is 90.8 cm³/mol. The number of allylic oxidation sites excluding steroid dienone is 2. The lowest BCUT2D eigenvalue weighted by atomic mass is 9.83. The van der Waals surface area contributed by atoms with E-state index in [0.29, 0.717) is 19.4 Å². The first-order chi connectivity index (χ1) is 10.9. The molecule has 1 aliphatic carbocycles. The second-order valence-corrected chi connectivity index (χ2v) is 7.05. The Kier molecular flexibility index (Phi) is 8.97. The molecule has 132 valence electrons. The molecule has 0 spiro atoms. The van der Waals surface area contributed by atoms with E-state index in [2.05, 4.69) is 13.8 Å². The standard InChI is InChI=1S/C19H32O4/c1-14(2)10-6-5-9-13-22-18(20)16-11-7-8-12-17(16)19(21)23-15(3)4/h7-8,14-17H,5-6,9-13H2,1-4H3. The summed E-state index contributed by atoms with van der Waals surface area (Å²) in [5.41, 5.74) is 0. The Labute approximate surface area is 140 Å². The van der Waals surface area contributed by atoms with E-state index in [1.54, 1.807) is 0 Å². The molecule has 0 saturated carbocycles. The van der Waals surface area contributed by atoms with Gasteiger partial charge in [0.2, 0.25) is 0 Å². The number of hydrogen-bond donors (Lipinski definition) is 0. The van der Waals surface area contributed by atoms with Gasteiger partial charge >= 0.3 is 11.9 Å². The van der Waals surface area contributed by atoms with Gasteiger partial charge in [-0.1, -0.05) is 45.3 Å². The molecule has 0 radical (unpaired) electrons. The van der Waals surface area contributed by atoms with Crippen molar-refractivity contribution in [2.75, 3.05) is 6.61 Å². The van der Waals surface area contributed by atoms with E-state index in [1.165, 1.54) is 12.8 Å². The summed E-state index contributed by atoms with van der Waals surface area (Å²) in [6.07, 6.45) is 9.21. The van der Waals surface area contributed by atoms with Gasteiger partial charge in [-0.15, -0.1) is 0 Å². The van der Waals surface area contributed by atoms with Gasteiger partial charge in [-0.25, -0.2) is 0 Å². The minimum atomic E-state index is -0.407. The van der Waals surface area contributed by atoms with Crippen LogP contribution >= 0.6 is 0 Å². The number of unbranched alkanes of at least 4 members (excludes halogenated alkanes) is 2.